The number of carbonyl (C=O) groups excluding carboxylic acids is 1. The number of aryl methyl sites for hydroxylation is 2. The number of hydrogen-bond acceptors (Lipinski definition) is 4. The van der Waals surface area contributed by atoms with E-state index in [1.54, 1.807) is 7.11 Å². The fourth-order valence-electron chi connectivity index (χ4n) is 2.35. The molecule has 20 heavy (non-hydrogen) atoms. The van der Waals surface area contributed by atoms with Gasteiger partial charge in [-0.3, -0.25) is 9.48 Å². The fourth-order valence-corrected chi connectivity index (χ4v) is 2.35. The Morgan fingerprint density at radius 2 is 2.15 bits per heavy atom. The Bertz CT molecular complexity index is 443. The monoisotopic (exact) mass is 282 g/mol. The zero-order valence-corrected chi connectivity index (χ0v) is 13.1. The minimum atomic E-state index is -0.0212. The van der Waals surface area contributed by atoms with Crippen LogP contribution in [0.15, 0.2) is 0 Å². The summed E-state index contributed by atoms with van der Waals surface area (Å²) in [5.41, 5.74) is 3.35. The zero-order chi connectivity index (χ0) is 15.1. The number of methoxy groups -OCH3 is 1. The highest BCUT2D eigenvalue weighted by atomic mass is 16.5. The Morgan fingerprint density at radius 3 is 2.70 bits per heavy atom. The molecule has 2 N–H and O–H groups in total. The van der Waals surface area contributed by atoms with Crippen LogP contribution in [0.3, 0.4) is 0 Å². The van der Waals surface area contributed by atoms with Gasteiger partial charge < -0.3 is 15.4 Å². The van der Waals surface area contributed by atoms with Gasteiger partial charge in [-0.25, -0.2) is 0 Å². The smallest absolute Gasteiger partial charge is 0.234 e. The molecule has 1 rings (SSSR count). The van der Waals surface area contributed by atoms with Crippen molar-refractivity contribution in [1.29, 1.82) is 0 Å². The second-order valence-electron chi connectivity index (χ2n) is 4.85. The van der Waals surface area contributed by atoms with Crippen LogP contribution < -0.4 is 10.6 Å². The quantitative estimate of drug-likeness (QED) is 0.696. The molecule has 0 fully saturated rings. The van der Waals surface area contributed by atoms with Gasteiger partial charge in [0.2, 0.25) is 5.91 Å². The maximum Gasteiger partial charge on any atom is 0.234 e. The summed E-state index contributed by atoms with van der Waals surface area (Å²) >= 11 is 0. The third-order valence-electron chi connectivity index (χ3n) is 3.37. The largest absolute Gasteiger partial charge is 0.383 e. The van der Waals surface area contributed by atoms with Gasteiger partial charge in [-0.1, -0.05) is 0 Å². The Hall–Kier alpha value is -1.40. The number of nitrogens with one attached hydrogen (secondary N) is 2. The van der Waals surface area contributed by atoms with Crippen molar-refractivity contribution in [2.75, 3.05) is 26.8 Å². The van der Waals surface area contributed by atoms with Crippen molar-refractivity contribution in [3.8, 4) is 0 Å². The van der Waals surface area contributed by atoms with E-state index in [1.165, 1.54) is 5.56 Å². The number of ether oxygens (including phenoxy) is 1. The molecule has 1 atom stereocenters. The highest BCUT2D eigenvalue weighted by molar-refractivity contribution is 5.78. The molecule has 1 aromatic heterocycles. The lowest BCUT2D eigenvalue weighted by Gasteiger charge is -2.14. The van der Waals surface area contributed by atoms with Gasteiger partial charge in [0.15, 0.2) is 0 Å². The van der Waals surface area contributed by atoms with Crippen LogP contribution in [0.2, 0.25) is 0 Å². The van der Waals surface area contributed by atoms with E-state index < -0.39 is 0 Å². The first-order valence-corrected chi connectivity index (χ1v) is 7.04. The van der Waals surface area contributed by atoms with Gasteiger partial charge in [-0.05, 0) is 27.7 Å². The van der Waals surface area contributed by atoms with E-state index in [9.17, 15) is 4.79 Å². The van der Waals surface area contributed by atoms with E-state index in [0.29, 0.717) is 19.7 Å². The summed E-state index contributed by atoms with van der Waals surface area (Å²) in [7, 11) is 1.61. The number of nitrogens with zero attached hydrogens (tertiary/aromatic N) is 2. The predicted octanol–water partition coefficient (Wildman–Crippen LogP) is 0.933. The lowest BCUT2D eigenvalue weighted by atomic mass is 10.1. The van der Waals surface area contributed by atoms with Crippen molar-refractivity contribution in [2.24, 2.45) is 0 Å². The number of aromatic nitrogens is 2. The van der Waals surface area contributed by atoms with Crippen molar-refractivity contribution < 1.29 is 9.53 Å². The Morgan fingerprint density at radius 1 is 1.45 bits per heavy atom. The summed E-state index contributed by atoms with van der Waals surface area (Å²) in [5.74, 6) is -0.0212. The molecule has 0 radical (unpaired) electrons. The summed E-state index contributed by atoms with van der Waals surface area (Å²) in [5, 5.41) is 10.5. The molecule has 114 valence electrons. The van der Waals surface area contributed by atoms with Crippen molar-refractivity contribution >= 4 is 5.91 Å². The summed E-state index contributed by atoms with van der Waals surface area (Å²) in [6.45, 7) is 10.4. The third kappa shape index (κ3) is 4.31. The minimum absolute atomic E-state index is 0.0212. The van der Waals surface area contributed by atoms with Crippen LogP contribution in [0.4, 0.5) is 0 Å². The molecule has 1 unspecified atom stereocenters. The van der Waals surface area contributed by atoms with Crippen molar-refractivity contribution in [2.45, 2.75) is 40.3 Å². The molecule has 0 bridgehead atoms. The zero-order valence-electron chi connectivity index (χ0n) is 13.1. The van der Waals surface area contributed by atoms with E-state index in [1.807, 2.05) is 11.6 Å². The first kappa shape index (κ1) is 16.7. The van der Waals surface area contributed by atoms with E-state index in [4.69, 9.17) is 4.74 Å². The van der Waals surface area contributed by atoms with Gasteiger partial charge >= 0.3 is 0 Å². The molecule has 1 amide bonds. The molecule has 6 nitrogen and oxygen atoms in total. The number of rotatable bonds is 8. The maximum atomic E-state index is 11.6. The number of amides is 1. The Kier molecular flexibility index (Phi) is 6.67. The molecule has 0 saturated carbocycles. The third-order valence-corrected chi connectivity index (χ3v) is 3.37. The highest BCUT2D eigenvalue weighted by Gasteiger charge is 2.17. The normalized spacial score (nSPS) is 12.4. The predicted molar refractivity (Wildman–Crippen MR) is 78.7 cm³/mol. The van der Waals surface area contributed by atoms with E-state index in [0.717, 1.165) is 17.9 Å². The average molecular weight is 282 g/mol. The SMILES string of the molecule is CCn1nc(C)c(C(C)NCC(=O)NCCOC)c1C. The van der Waals surface area contributed by atoms with Gasteiger partial charge in [-0.15, -0.1) is 0 Å². The molecule has 0 saturated heterocycles. The first-order chi connectivity index (χ1) is 9.51. The highest BCUT2D eigenvalue weighted by Crippen LogP contribution is 2.20. The minimum Gasteiger partial charge on any atom is -0.383 e. The molecule has 6 heteroatoms. The summed E-state index contributed by atoms with van der Waals surface area (Å²) in [4.78, 5) is 11.6. The molecular formula is C14H26N4O2. The molecule has 0 aliphatic carbocycles. The molecule has 0 spiro atoms. The van der Waals surface area contributed by atoms with Crippen LogP contribution in [-0.2, 0) is 16.1 Å². The molecule has 1 aromatic rings. The molecule has 0 aliphatic heterocycles. The molecule has 0 aliphatic rings. The van der Waals surface area contributed by atoms with Gasteiger partial charge in [-0.2, -0.15) is 5.10 Å². The maximum absolute atomic E-state index is 11.6. The van der Waals surface area contributed by atoms with Crippen LogP contribution in [0, 0.1) is 13.8 Å². The lowest BCUT2D eigenvalue weighted by Crippen LogP contribution is -2.36. The summed E-state index contributed by atoms with van der Waals surface area (Å²) in [6.07, 6.45) is 0. The van der Waals surface area contributed by atoms with Crippen LogP contribution in [0.25, 0.3) is 0 Å². The molecular weight excluding hydrogens is 256 g/mol. The van der Waals surface area contributed by atoms with Crippen LogP contribution in [0.5, 0.6) is 0 Å². The number of carbonyl (C=O) groups is 1. The van der Waals surface area contributed by atoms with Crippen LogP contribution >= 0.6 is 0 Å². The van der Waals surface area contributed by atoms with Crippen molar-refractivity contribution in [3.05, 3.63) is 17.0 Å². The molecule has 1 heterocycles. The second kappa shape index (κ2) is 8.01. The van der Waals surface area contributed by atoms with E-state index >= 15 is 0 Å². The van der Waals surface area contributed by atoms with Gasteiger partial charge in [0.1, 0.15) is 0 Å². The second-order valence-corrected chi connectivity index (χ2v) is 4.85. The molecule has 0 aromatic carbocycles. The lowest BCUT2D eigenvalue weighted by molar-refractivity contribution is -0.120. The summed E-state index contributed by atoms with van der Waals surface area (Å²) < 4.78 is 6.88. The van der Waals surface area contributed by atoms with Crippen LogP contribution in [-0.4, -0.2) is 42.5 Å². The van der Waals surface area contributed by atoms with Crippen molar-refractivity contribution in [3.63, 3.8) is 0 Å². The Balaban J connectivity index is 2.53. The standard InChI is InChI=1S/C14H26N4O2/c1-6-18-12(4)14(11(3)17-18)10(2)16-9-13(19)15-7-8-20-5/h10,16H,6-9H2,1-5H3,(H,15,19). The van der Waals surface area contributed by atoms with Crippen LogP contribution in [0.1, 0.15) is 36.8 Å². The topological polar surface area (TPSA) is 68.2 Å². The summed E-state index contributed by atoms with van der Waals surface area (Å²) in [6, 6.07) is 0.100. The van der Waals surface area contributed by atoms with E-state index in [2.05, 4.69) is 36.5 Å². The van der Waals surface area contributed by atoms with Gasteiger partial charge in [0.05, 0.1) is 18.8 Å². The fraction of sp³-hybridized carbons (Fsp3) is 0.714. The first-order valence-electron chi connectivity index (χ1n) is 7.04. The van der Waals surface area contributed by atoms with E-state index in [-0.39, 0.29) is 11.9 Å². The number of hydrogen-bond donors (Lipinski definition) is 2. The average Bonchev–Trinajstić information content (AvgIpc) is 2.71. The Labute approximate surface area is 120 Å². The van der Waals surface area contributed by atoms with Gasteiger partial charge in [0, 0.05) is 37.5 Å². The van der Waals surface area contributed by atoms with Crippen molar-refractivity contribution in [1.82, 2.24) is 20.4 Å². The van der Waals surface area contributed by atoms with Gasteiger partial charge in [0.25, 0.3) is 0 Å².